The van der Waals surface area contributed by atoms with Gasteiger partial charge in [0, 0.05) is 26.2 Å². The molecule has 6 N–H and O–H groups in total. The van der Waals surface area contributed by atoms with Crippen molar-refractivity contribution in [2.45, 2.75) is 26.7 Å². The van der Waals surface area contributed by atoms with E-state index in [1.165, 1.54) is 0 Å². The Bertz CT molecular complexity index is 1120. The van der Waals surface area contributed by atoms with E-state index in [0.717, 1.165) is 0 Å². The summed E-state index contributed by atoms with van der Waals surface area (Å²) in [5.74, 6) is -8.70. The van der Waals surface area contributed by atoms with Crippen LogP contribution in [0.3, 0.4) is 0 Å². The third kappa shape index (κ3) is 30.8. The van der Waals surface area contributed by atoms with Crippen molar-refractivity contribution in [1.29, 1.82) is 0 Å². The fourth-order valence-corrected chi connectivity index (χ4v) is 2.58. The maximum Gasteiger partial charge on any atom is 0.886 e. The molecule has 45 heteroatoms. The smallest absolute Gasteiger partial charge is 0.586 e. The molecule has 0 heterocycles. The Morgan fingerprint density at radius 1 is 0.351 bits per heavy atom. The Balaban J connectivity index is -0.000000114. The zero-order valence-electron chi connectivity index (χ0n) is 24.4. The molecule has 0 spiro atoms. The van der Waals surface area contributed by atoms with Gasteiger partial charge in [-0.25, -0.2) is 19.2 Å². The molecule has 337 valence electrons. The van der Waals surface area contributed by atoms with Gasteiger partial charge in [-0.2, -0.15) is 0 Å². The summed E-state index contributed by atoms with van der Waals surface area (Å²) < 4.78 is -4.21. The van der Waals surface area contributed by atoms with Gasteiger partial charge in [0.15, 0.2) is 0 Å². The second-order valence-corrected chi connectivity index (χ2v) is 20.3. The first-order valence-corrected chi connectivity index (χ1v) is 19.7. The molecule has 0 saturated heterocycles. The number of carboxylic acid groups (broad SMARTS) is 4. The van der Waals surface area contributed by atoms with Crippen LogP contribution in [-0.2, 0) is 62.5 Å². The Hall–Kier alpha value is 4.92. The standard InChI is InChI=1S/6C2HCl4NO2.Al.H2O.Zr/c6*3-2(4,1(8)9)7(5)6;;;/h6*(H,8,9);;1H2;/q;;;;;;+2;;/p-2. The maximum absolute atomic E-state index is 11.3. The molecule has 0 unspecified atom stereocenters. The van der Waals surface area contributed by atoms with E-state index in [1.54, 1.807) is 0 Å². The molecule has 19 nitrogen and oxygen atoms in total. The van der Waals surface area contributed by atoms with E-state index in [1.807, 2.05) is 0 Å². The van der Waals surface area contributed by atoms with Crippen LogP contribution in [0.25, 0.3) is 0 Å². The third-order valence-electron chi connectivity index (χ3n) is 3.10. The van der Waals surface area contributed by atoms with E-state index in [2.05, 4.69) is 7.58 Å². The van der Waals surface area contributed by atoms with Gasteiger partial charge in [-0.3, -0.25) is 9.59 Å². The average Bonchev–Trinajstić information content (AvgIpc) is 3.01. The topological polar surface area (TPSA) is 253 Å². The molecule has 0 aliphatic carbocycles. The number of hydrogen-bond acceptors (Lipinski definition) is 14. The van der Waals surface area contributed by atoms with Crippen molar-refractivity contribution in [1.82, 2.24) is 23.6 Å². The van der Waals surface area contributed by atoms with Gasteiger partial charge in [0.05, 0.1) is 0 Å². The van der Waals surface area contributed by atoms with Crippen molar-refractivity contribution in [3.63, 3.8) is 0 Å². The van der Waals surface area contributed by atoms with Gasteiger partial charge in [-0.15, -0.1) is 0 Å². The van der Waals surface area contributed by atoms with Gasteiger partial charge in [-0.05, 0) is 141 Å². The molecular weight excluding hydrogens is 1410 g/mol. The number of halogens is 24. The van der Waals surface area contributed by atoms with Crippen LogP contribution in [0.15, 0.2) is 0 Å². The molecule has 57 heavy (non-hydrogen) atoms. The molecule has 0 aromatic rings. The Morgan fingerprint density at radius 3 is 0.544 bits per heavy atom. The van der Waals surface area contributed by atoms with Crippen molar-refractivity contribution >= 4 is 332 Å². The number of hydrogen-bond donors (Lipinski definition) is 4. The molecule has 1 radical (unpaired) electrons. The Morgan fingerprint density at radius 2 is 0.474 bits per heavy atom. The van der Waals surface area contributed by atoms with Crippen molar-refractivity contribution in [3.8, 4) is 0 Å². The number of aliphatic carboxylic acids is 4. The number of carboxylic acids is 4. The average molecular weight is 1410 g/mol. The predicted molar refractivity (Wildman–Crippen MR) is 220 cm³/mol. The minimum Gasteiger partial charge on any atom is -0.586 e. The van der Waals surface area contributed by atoms with Crippen molar-refractivity contribution in [3.05, 3.63) is 0 Å². The number of carbonyl (C=O) groups excluding carboxylic acids is 2. The first-order chi connectivity index (χ1) is 24.0. The zero-order valence-corrected chi connectivity index (χ0v) is 46.1. The molecule has 0 rings (SSSR count). The summed E-state index contributed by atoms with van der Waals surface area (Å²) >= 11 is 120. The number of carbonyl (C=O) groups is 6. The van der Waals surface area contributed by atoms with E-state index >= 15 is 0 Å². The largest absolute Gasteiger partial charge is 0.886 e. The molecule has 0 aromatic carbocycles. The number of nitrogens with zero attached hydrogens (tertiary/aromatic N) is 6. The van der Waals surface area contributed by atoms with E-state index in [9.17, 15) is 28.8 Å². The summed E-state index contributed by atoms with van der Waals surface area (Å²) in [5.41, 5.74) is 0. The number of rotatable bonds is 14. The molecule has 0 atom stereocenters. The number of alkyl halides is 12. The van der Waals surface area contributed by atoms with Crippen LogP contribution in [0.4, 0.5) is 0 Å². The fourth-order valence-electron chi connectivity index (χ4n) is 0.680. The second-order valence-electron chi connectivity index (χ2n) is 6.77. The zero-order chi connectivity index (χ0) is 46.0. The summed E-state index contributed by atoms with van der Waals surface area (Å²) in [5, 5.41) is 32.5. The van der Waals surface area contributed by atoms with Crippen LogP contribution in [-0.4, -0.2) is 128 Å². The first kappa shape index (κ1) is 76.2. The molecule has 0 aromatic heterocycles. The Kier molecular flexibility index (Phi) is 45.8. The van der Waals surface area contributed by atoms with Gasteiger partial charge in [0.25, 0.3) is 26.7 Å². The quantitative estimate of drug-likeness (QED) is 0.0547. The molecule has 0 aliphatic heterocycles. The predicted octanol–water partition coefficient (Wildman–Crippen LogP) is 9.51. The van der Waals surface area contributed by atoms with E-state index in [-0.39, 0.29) is 55.3 Å². The van der Waals surface area contributed by atoms with Crippen LogP contribution in [0.1, 0.15) is 0 Å². The minimum absolute atomic E-state index is 0. The van der Waals surface area contributed by atoms with Crippen LogP contribution < -0.4 is 0 Å². The third-order valence-corrected chi connectivity index (χ3v) is 12.8. The monoisotopic (exact) mass is 1400 g/mol. The van der Waals surface area contributed by atoms with Crippen molar-refractivity contribution in [2.75, 3.05) is 0 Å². The molecule has 0 bridgehead atoms. The fraction of sp³-hybridized carbons (Fsp3) is 0.500. The normalized spacial score (nSPS) is 11.8. The summed E-state index contributed by atoms with van der Waals surface area (Å²) in [6, 6.07) is 0. The molecular formula is C12H6AlCl24N6O13Zr. The second kappa shape index (κ2) is 34.2. The van der Waals surface area contributed by atoms with E-state index < -0.39 is 78.4 Å². The van der Waals surface area contributed by atoms with Gasteiger partial charge in [-0.1, -0.05) is 163 Å². The molecule has 0 amide bonds. The first-order valence-electron chi connectivity index (χ1n) is 10.1. The Labute approximate surface area is 464 Å². The van der Waals surface area contributed by atoms with Gasteiger partial charge < -0.3 is 33.5 Å². The summed E-state index contributed by atoms with van der Waals surface area (Å²) in [7, 11) is 0. The minimum atomic E-state index is -2.38. The van der Waals surface area contributed by atoms with Crippen molar-refractivity contribution in [2.24, 2.45) is 0 Å². The van der Waals surface area contributed by atoms with Gasteiger partial charge >= 0.3 is 51.7 Å². The molecule has 0 aliphatic rings. The summed E-state index contributed by atoms with van der Waals surface area (Å²) in [6.07, 6.45) is 0. The van der Waals surface area contributed by atoms with Crippen molar-refractivity contribution < 1.29 is 88.4 Å². The summed E-state index contributed by atoms with van der Waals surface area (Å²) in [6.45, 7) is 0. The summed E-state index contributed by atoms with van der Waals surface area (Å²) in [4.78, 5) is 62.5. The van der Waals surface area contributed by atoms with E-state index in [0.29, 0.717) is 0 Å². The molecule has 0 saturated carbocycles. The van der Waals surface area contributed by atoms with Crippen LogP contribution >= 0.6 is 281 Å². The van der Waals surface area contributed by atoms with Gasteiger partial charge in [0.1, 0.15) is 0 Å². The van der Waals surface area contributed by atoms with Crippen LogP contribution in [0.5, 0.6) is 0 Å². The maximum atomic E-state index is 11.3. The van der Waals surface area contributed by atoms with Crippen LogP contribution in [0, 0.1) is 0 Å². The van der Waals surface area contributed by atoms with Crippen LogP contribution in [0.2, 0.25) is 0 Å². The van der Waals surface area contributed by atoms with Gasteiger partial charge in [0.2, 0.25) is 0 Å². The molecule has 0 fully saturated rings. The SMILES string of the molecule is O.O=C(O)C(Cl)(Cl)N(Cl)Cl.O=C(O)C(Cl)(Cl)N(Cl)Cl.O=C(O)C(Cl)(Cl)N(Cl)Cl.O=C(O)C(Cl)(Cl)N(Cl)Cl.O=C([O][Al][O]C(=O)C(Cl)(Cl)N(Cl)Cl)C(Cl)(Cl)N(Cl)Cl.[Zr]. The van der Waals surface area contributed by atoms with E-state index in [4.69, 9.17) is 301 Å².